The van der Waals surface area contributed by atoms with E-state index in [0.717, 1.165) is 48.4 Å². The number of benzene rings is 2. The Balaban J connectivity index is 1.25. The summed E-state index contributed by atoms with van der Waals surface area (Å²) in [7, 11) is 0. The van der Waals surface area contributed by atoms with Gasteiger partial charge in [0.15, 0.2) is 11.5 Å². The van der Waals surface area contributed by atoms with Crippen molar-refractivity contribution in [1.82, 2.24) is 15.8 Å². The van der Waals surface area contributed by atoms with E-state index < -0.39 is 0 Å². The molecule has 2 aromatic rings. The standard InChI is InChI=1S/C23H26FN3O3/c24-18-7-4-15(5-8-18)17-3-1-2-10-27(13-17)23(28)20-12-19(25-26-20)16-6-9-21-22(11-16)30-14-29-21/h4-9,11,17,19-20,25-26H,1-3,10,12-14H2. The van der Waals surface area contributed by atoms with E-state index in [9.17, 15) is 9.18 Å². The van der Waals surface area contributed by atoms with Gasteiger partial charge in [0.2, 0.25) is 12.7 Å². The van der Waals surface area contributed by atoms with Crippen molar-refractivity contribution in [3.8, 4) is 11.5 Å². The maximum absolute atomic E-state index is 13.3. The van der Waals surface area contributed by atoms with Gasteiger partial charge < -0.3 is 14.4 Å². The zero-order chi connectivity index (χ0) is 20.5. The van der Waals surface area contributed by atoms with Crippen LogP contribution in [-0.2, 0) is 4.79 Å². The Hall–Kier alpha value is -2.64. The van der Waals surface area contributed by atoms with Crippen molar-refractivity contribution < 1.29 is 18.7 Å². The van der Waals surface area contributed by atoms with Crippen LogP contribution in [0.15, 0.2) is 42.5 Å². The zero-order valence-corrected chi connectivity index (χ0v) is 16.8. The molecule has 3 atom stereocenters. The van der Waals surface area contributed by atoms with E-state index in [-0.39, 0.29) is 36.5 Å². The van der Waals surface area contributed by atoms with Crippen molar-refractivity contribution in [3.05, 3.63) is 59.4 Å². The van der Waals surface area contributed by atoms with Crippen LogP contribution in [0, 0.1) is 5.82 Å². The largest absolute Gasteiger partial charge is 0.454 e. The van der Waals surface area contributed by atoms with Crippen molar-refractivity contribution in [2.75, 3.05) is 19.9 Å². The van der Waals surface area contributed by atoms with E-state index in [1.165, 1.54) is 12.1 Å². The van der Waals surface area contributed by atoms with E-state index >= 15 is 0 Å². The predicted octanol–water partition coefficient (Wildman–Crippen LogP) is 3.26. The number of rotatable bonds is 3. The third-order valence-electron chi connectivity index (χ3n) is 6.32. The predicted molar refractivity (Wildman–Crippen MR) is 110 cm³/mol. The molecule has 3 heterocycles. The summed E-state index contributed by atoms with van der Waals surface area (Å²) < 4.78 is 24.2. The number of halogens is 1. The molecule has 0 bridgehead atoms. The summed E-state index contributed by atoms with van der Waals surface area (Å²) in [5.74, 6) is 1.65. The van der Waals surface area contributed by atoms with Crippen molar-refractivity contribution in [2.24, 2.45) is 0 Å². The molecule has 1 amide bonds. The van der Waals surface area contributed by atoms with Gasteiger partial charge in [-0.3, -0.25) is 4.79 Å². The summed E-state index contributed by atoms with van der Waals surface area (Å²) in [4.78, 5) is 15.2. The Morgan fingerprint density at radius 3 is 2.67 bits per heavy atom. The van der Waals surface area contributed by atoms with Crippen LogP contribution in [0.1, 0.15) is 48.8 Å². The normalized spacial score (nSPS) is 25.9. The molecule has 7 heteroatoms. The Morgan fingerprint density at radius 1 is 1.00 bits per heavy atom. The molecular formula is C23H26FN3O3. The lowest BCUT2D eigenvalue weighted by atomic mass is 9.94. The Morgan fingerprint density at radius 2 is 1.80 bits per heavy atom. The van der Waals surface area contributed by atoms with E-state index in [2.05, 4.69) is 10.9 Å². The molecule has 0 aromatic heterocycles. The second-order valence-electron chi connectivity index (χ2n) is 8.27. The first-order valence-corrected chi connectivity index (χ1v) is 10.6. The Labute approximate surface area is 175 Å². The van der Waals surface area contributed by atoms with Gasteiger partial charge in [-0.2, -0.15) is 0 Å². The molecule has 0 saturated carbocycles. The molecule has 0 spiro atoms. The number of nitrogens with zero attached hydrogens (tertiary/aromatic N) is 1. The van der Waals surface area contributed by atoms with Crippen LogP contribution < -0.4 is 20.3 Å². The summed E-state index contributed by atoms with van der Waals surface area (Å²) in [6.07, 6.45) is 3.76. The maximum Gasteiger partial charge on any atom is 0.241 e. The third-order valence-corrected chi connectivity index (χ3v) is 6.32. The third kappa shape index (κ3) is 3.87. The highest BCUT2D eigenvalue weighted by Crippen LogP contribution is 2.36. The molecule has 6 nitrogen and oxygen atoms in total. The summed E-state index contributed by atoms with van der Waals surface area (Å²) in [6.45, 7) is 1.70. The molecule has 2 fully saturated rings. The highest BCUT2D eigenvalue weighted by atomic mass is 19.1. The number of fused-ring (bicyclic) bond motifs is 1. The van der Waals surface area contributed by atoms with Gasteiger partial charge in [-0.1, -0.05) is 24.6 Å². The second kappa shape index (κ2) is 8.24. The second-order valence-corrected chi connectivity index (χ2v) is 8.27. The van der Waals surface area contributed by atoms with Crippen molar-refractivity contribution in [2.45, 2.75) is 43.7 Å². The smallest absolute Gasteiger partial charge is 0.241 e. The minimum Gasteiger partial charge on any atom is -0.454 e. The lowest BCUT2D eigenvalue weighted by Crippen LogP contribution is -2.46. The molecule has 30 heavy (non-hydrogen) atoms. The summed E-state index contributed by atoms with van der Waals surface area (Å²) in [6, 6.07) is 12.4. The number of carbonyl (C=O) groups excluding carboxylic acids is 1. The van der Waals surface area contributed by atoms with Crippen molar-refractivity contribution in [3.63, 3.8) is 0 Å². The van der Waals surface area contributed by atoms with Crippen LogP contribution in [0.3, 0.4) is 0 Å². The van der Waals surface area contributed by atoms with Crippen LogP contribution in [0.5, 0.6) is 11.5 Å². The van der Waals surface area contributed by atoms with Crippen LogP contribution in [0.4, 0.5) is 4.39 Å². The highest BCUT2D eigenvalue weighted by Gasteiger charge is 2.35. The molecular weight excluding hydrogens is 385 g/mol. The molecule has 3 aliphatic rings. The fraction of sp³-hybridized carbons (Fsp3) is 0.435. The number of hydrogen-bond acceptors (Lipinski definition) is 5. The zero-order valence-electron chi connectivity index (χ0n) is 16.8. The number of amides is 1. The average Bonchev–Trinajstić information content (AvgIpc) is 3.37. The number of carbonyl (C=O) groups is 1. The first-order chi connectivity index (χ1) is 14.7. The van der Waals surface area contributed by atoms with Gasteiger partial charge in [-0.25, -0.2) is 15.2 Å². The molecule has 2 saturated heterocycles. The molecule has 0 aliphatic carbocycles. The van der Waals surface area contributed by atoms with Gasteiger partial charge in [0.05, 0.1) is 0 Å². The van der Waals surface area contributed by atoms with Crippen LogP contribution in [0.25, 0.3) is 0 Å². The minimum absolute atomic E-state index is 0.0355. The van der Waals surface area contributed by atoms with E-state index in [1.54, 1.807) is 0 Å². The molecule has 0 radical (unpaired) electrons. The van der Waals surface area contributed by atoms with E-state index in [0.29, 0.717) is 13.0 Å². The van der Waals surface area contributed by atoms with Crippen LogP contribution >= 0.6 is 0 Å². The van der Waals surface area contributed by atoms with Crippen molar-refractivity contribution >= 4 is 5.91 Å². The molecule has 2 N–H and O–H groups in total. The first kappa shape index (κ1) is 19.3. The average molecular weight is 411 g/mol. The maximum atomic E-state index is 13.3. The van der Waals surface area contributed by atoms with Gasteiger partial charge in [0, 0.05) is 25.0 Å². The summed E-state index contributed by atoms with van der Waals surface area (Å²) >= 11 is 0. The molecule has 3 unspecified atom stereocenters. The quantitative estimate of drug-likeness (QED) is 0.812. The number of likely N-dealkylation sites (tertiary alicyclic amines) is 1. The lowest BCUT2D eigenvalue weighted by Gasteiger charge is -2.27. The van der Waals surface area contributed by atoms with E-state index in [4.69, 9.17) is 9.47 Å². The molecule has 158 valence electrons. The lowest BCUT2D eigenvalue weighted by molar-refractivity contribution is -0.133. The number of ether oxygens (including phenoxy) is 2. The van der Waals surface area contributed by atoms with Gasteiger partial charge >= 0.3 is 0 Å². The highest BCUT2D eigenvalue weighted by molar-refractivity contribution is 5.82. The monoisotopic (exact) mass is 411 g/mol. The SMILES string of the molecule is O=C(C1CC(c2ccc3c(c2)OCO3)NN1)N1CCCCC(c2ccc(F)cc2)C1. The molecule has 5 rings (SSSR count). The van der Waals surface area contributed by atoms with E-state index in [1.807, 2.05) is 35.2 Å². The number of hydrazine groups is 1. The number of hydrogen-bond donors (Lipinski definition) is 2. The Kier molecular flexibility index (Phi) is 5.31. The molecule has 2 aromatic carbocycles. The van der Waals surface area contributed by atoms with Gasteiger partial charge in [0.1, 0.15) is 11.9 Å². The van der Waals surface area contributed by atoms with Crippen molar-refractivity contribution in [1.29, 1.82) is 0 Å². The topological polar surface area (TPSA) is 62.8 Å². The summed E-state index contributed by atoms with van der Waals surface area (Å²) in [5, 5.41) is 0. The molecule has 3 aliphatic heterocycles. The fourth-order valence-electron chi connectivity index (χ4n) is 4.64. The first-order valence-electron chi connectivity index (χ1n) is 10.6. The van der Waals surface area contributed by atoms with Gasteiger partial charge in [-0.15, -0.1) is 0 Å². The van der Waals surface area contributed by atoms with Crippen LogP contribution in [0.2, 0.25) is 0 Å². The number of nitrogens with one attached hydrogen (secondary N) is 2. The van der Waals surface area contributed by atoms with Gasteiger partial charge in [0.25, 0.3) is 0 Å². The van der Waals surface area contributed by atoms with Crippen LogP contribution in [-0.4, -0.2) is 36.7 Å². The fourth-order valence-corrected chi connectivity index (χ4v) is 4.64. The minimum atomic E-state index is -0.271. The van der Waals surface area contributed by atoms with Gasteiger partial charge in [-0.05, 0) is 54.7 Å². The summed E-state index contributed by atoms with van der Waals surface area (Å²) in [5.41, 5.74) is 8.63. The Bertz CT molecular complexity index is 920.